The summed E-state index contributed by atoms with van der Waals surface area (Å²) in [5.41, 5.74) is 2.68. The second-order valence-electron chi connectivity index (χ2n) is 5.15. The van der Waals surface area contributed by atoms with Crippen LogP contribution in [0.2, 0.25) is 0 Å². The Hall–Kier alpha value is -2.25. The normalized spacial score (nSPS) is 12.1. The Bertz CT molecular complexity index is 911. The van der Waals surface area contributed by atoms with Gasteiger partial charge < -0.3 is 0 Å². The van der Waals surface area contributed by atoms with Gasteiger partial charge in [0.15, 0.2) is 0 Å². The molecular weight excluding hydrogens is 300 g/mol. The number of aromatic nitrogens is 3. The van der Waals surface area contributed by atoms with Crippen molar-refractivity contribution in [1.82, 2.24) is 18.2 Å². The standard InChI is InChI=1S/C15H16N4O2S/c1-18(2)22(20,21)19-10-13(17-11-19)9-12-7-8-16-15-6-4-3-5-14(12)15/h3-8,10-11H,9H2,1-2H3. The van der Waals surface area contributed by atoms with E-state index in [0.717, 1.165) is 24.7 Å². The zero-order valence-corrected chi connectivity index (χ0v) is 13.2. The highest BCUT2D eigenvalue weighted by Gasteiger charge is 2.16. The summed E-state index contributed by atoms with van der Waals surface area (Å²) in [6.45, 7) is 0. The summed E-state index contributed by atoms with van der Waals surface area (Å²) in [6.07, 6.45) is 5.18. The molecule has 0 spiro atoms. The smallest absolute Gasteiger partial charge is 0.256 e. The van der Waals surface area contributed by atoms with Crippen LogP contribution in [0.4, 0.5) is 0 Å². The number of hydrogen-bond acceptors (Lipinski definition) is 4. The van der Waals surface area contributed by atoms with Crippen LogP contribution in [-0.2, 0) is 16.6 Å². The first-order chi connectivity index (χ1) is 10.5. The van der Waals surface area contributed by atoms with Crippen LogP contribution in [0.1, 0.15) is 11.3 Å². The molecule has 1 aromatic carbocycles. The molecule has 0 unspecified atom stereocenters. The van der Waals surface area contributed by atoms with Gasteiger partial charge in [-0.3, -0.25) is 4.98 Å². The fourth-order valence-corrected chi connectivity index (χ4v) is 3.05. The SMILES string of the molecule is CN(C)S(=O)(=O)n1cnc(Cc2ccnc3ccccc23)c1. The predicted octanol–water partition coefficient (Wildman–Crippen LogP) is 1.68. The van der Waals surface area contributed by atoms with Crippen LogP contribution in [0.25, 0.3) is 10.9 Å². The minimum absolute atomic E-state index is 0.555. The minimum atomic E-state index is -3.52. The molecule has 3 aromatic rings. The number of benzene rings is 1. The van der Waals surface area contributed by atoms with Crippen LogP contribution in [0.15, 0.2) is 49.1 Å². The topological polar surface area (TPSA) is 68.1 Å². The van der Waals surface area contributed by atoms with Crippen molar-refractivity contribution in [2.45, 2.75) is 6.42 Å². The molecule has 7 heteroatoms. The predicted molar refractivity (Wildman–Crippen MR) is 84.8 cm³/mol. The summed E-state index contributed by atoms with van der Waals surface area (Å²) in [7, 11) is -0.533. The quantitative estimate of drug-likeness (QED) is 0.734. The molecule has 0 aliphatic carbocycles. The zero-order valence-electron chi connectivity index (χ0n) is 12.3. The zero-order chi connectivity index (χ0) is 15.7. The third kappa shape index (κ3) is 2.60. The molecule has 0 aliphatic rings. The van der Waals surface area contributed by atoms with Crippen molar-refractivity contribution in [3.8, 4) is 0 Å². The Morgan fingerprint density at radius 1 is 1.14 bits per heavy atom. The highest BCUT2D eigenvalue weighted by atomic mass is 32.2. The fourth-order valence-electron chi connectivity index (χ4n) is 2.25. The Labute approximate surface area is 129 Å². The van der Waals surface area contributed by atoms with E-state index in [-0.39, 0.29) is 0 Å². The van der Waals surface area contributed by atoms with E-state index in [9.17, 15) is 8.42 Å². The van der Waals surface area contributed by atoms with Crippen molar-refractivity contribution in [1.29, 1.82) is 0 Å². The van der Waals surface area contributed by atoms with Gasteiger partial charge >= 0.3 is 10.2 Å². The van der Waals surface area contributed by atoms with Gasteiger partial charge in [0, 0.05) is 38.3 Å². The number of imidazole rings is 1. The molecule has 0 radical (unpaired) electrons. The number of fused-ring (bicyclic) bond motifs is 1. The maximum Gasteiger partial charge on any atom is 0.308 e. The average Bonchev–Trinajstić information content (AvgIpc) is 2.97. The molecule has 2 aromatic heterocycles. The summed E-state index contributed by atoms with van der Waals surface area (Å²) in [6, 6.07) is 9.79. The van der Waals surface area contributed by atoms with Crippen LogP contribution in [-0.4, -0.2) is 40.8 Å². The Kier molecular flexibility index (Phi) is 3.67. The van der Waals surface area contributed by atoms with E-state index in [1.807, 2.05) is 30.3 Å². The maximum atomic E-state index is 12.0. The van der Waals surface area contributed by atoms with Crippen molar-refractivity contribution in [3.63, 3.8) is 0 Å². The molecule has 6 nitrogen and oxygen atoms in total. The van der Waals surface area contributed by atoms with E-state index < -0.39 is 10.2 Å². The molecule has 3 rings (SSSR count). The van der Waals surface area contributed by atoms with Crippen molar-refractivity contribution >= 4 is 21.1 Å². The maximum absolute atomic E-state index is 12.0. The third-order valence-electron chi connectivity index (χ3n) is 3.45. The van der Waals surface area contributed by atoms with Crippen LogP contribution in [0, 0.1) is 0 Å². The van der Waals surface area contributed by atoms with Crippen LogP contribution in [0.3, 0.4) is 0 Å². The Morgan fingerprint density at radius 3 is 2.68 bits per heavy atom. The van der Waals surface area contributed by atoms with Gasteiger partial charge in [-0.25, -0.2) is 8.96 Å². The lowest BCUT2D eigenvalue weighted by Gasteiger charge is -2.10. The van der Waals surface area contributed by atoms with E-state index in [1.54, 1.807) is 12.4 Å². The minimum Gasteiger partial charge on any atom is -0.256 e. The van der Waals surface area contributed by atoms with Gasteiger partial charge in [0.25, 0.3) is 0 Å². The molecule has 0 amide bonds. The largest absolute Gasteiger partial charge is 0.308 e. The van der Waals surface area contributed by atoms with Gasteiger partial charge in [0.2, 0.25) is 0 Å². The van der Waals surface area contributed by atoms with Gasteiger partial charge in [0.05, 0.1) is 11.2 Å². The number of pyridine rings is 1. The number of rotatable bonds is 4. The Balaban J connectivity index is 1.95. The molecule has 114 valence electrons. The molecule has 22 heavy (non-hydrogen) atoms. The van der Waals surface area contributed by atoms with Gasteiger partial charge in [-0.1, -0.05) is 18.2 Å². The first kappa shape index (κ1) is 14.7. The molecule has 0 fully saturated rings. The first-order valence-corrected chi connectivity index (χ1v) is 8.17. The van der Waals surface area contributed by atoms with Gasteiger partial charge in [-0.2, -0.15) is 12.7 Å². The molecular formula is C15H16N4O2S. The highest BCUT2D eigenvalue weighted by molar-refractivity contribution is 7.87. The van der Waals surface area contributed by atoms with E-state index in [2.05, 4.69) is 9.97 Å². The van der Waals surface area contributed by atoms with E-state index in [4.69, 9.17) is 0 Å². The Morgan fingerprint density at radius 2 is 1.91 bits per heavy atom. The monoisotopic (exact) mass is 316 g/mol. The lowest BCUT2D eigenvalue weighted by molar-refractivity contribution is 0.510. The van der Waals surface area contributed by atoms with Crippen LogP contribution in [0.5, 0.6) is 0 Å². The average molecular weight is 316 g/mol. The van der Waals surface area contributed by atoms with E-state index >= 15 is 0 Å². The highest BCUT2D eigenvalue weighted by Crippen LogP contribution is 2.19. The van der Waals surface area contributed by atoms with E-state index in [1.165, 1.54) is 20.4 Å². The first-order valence-electron chi connectivity index (χ1n) is 6.77. The second kappa shape index (κ2) is 5.51. The third-order valence-corrected chi connectivity index (χ3v) is 5.11. The van der Waals surface area contributed by atoms with Gasteiger partial charge in [-0.05, 0) is 17.7 Å². The molecule has 0 atom stereocenters. The van der Waals surface area contributed by atoms with Crippen molar-refractivity contribution < 1.29 is 8.42 Å². The fraction of sp³-hybridized carbons (Fsp3) is 0.200. The van der Waals surface area contributed by atoms with Crippen molar-refractivity contribution in [2.75, 3.05) is 14.1 Å². The molecule has 0 bridgehead atoms. The van der Waals surface area contributed by atoms with Gasteiger partial charge in [-0.15, -0.1) is 0 Å². The molecule has 0 saturated heterocycles. The molecule has 2 heterocycles. The number of para-hydroxylation sites is 1. The molecule has 0 saturated carbocycles. The van der Waals surface area contributed by atoms with Crippen LogP contribution >= 0.6 is 0 Å². The van der Waals surface area contributed by atoms with Crippen molar-refractivity contribution in [2.24, 2.45) is 0 Å². The van der Waals surface area contributed by atoms with Gasteiger partial charge in [0.1, 0.15) is 6.33 Å². The number of hydrogen-bond donors (Lipinski definition) is 0. The lowest BCUT2D eigenvalue weighted by Crippen LogP contribution is -2.27. The van der Waals surface area contributed by atoms with Crippen molar-refractivity contribution in [3.05, 3.63) is 60.3 Å². The second-order valence-corrected chi connectivity index (χ2v) is 7.20. The summed E-state index contributed by atoms with van der Waals surface area (Å²) in [5, 5.41) is 1.05. The summed E-state index contributed by atoms with van der Waals surface area (Å²) in [4.78, 5) is 8.53. The summed E-state index contributed by atoms with van der Waals surface area (Å²) < 4.78 is 26.4. The molecule has 0 N–H and O–H groups in total. The summed E-state index contributed by atoms with van der Waals surface area (Å²) >= 11 is 0. The van der Waals surface area contributed by atoms with Crippen LogP contribution < -0.4 is 0 Å². The molecule has 0 aliphatic heterocycles. The lowest BCUT2D eigenvalue weighted by atomic mass is 10.1. The van der Waals surface area contributed by atoms with E-state index in [0.29, 0.717) is 12.1 Å². The number of nitrogens with zero attached hydrogens (tertiary/aromatic N) is 4. The summed E-state index contributed by atoms with van der Waals surface area (Å²) in [5.74, 6) is 0.